The smallest absolute Gasteiger partial charge is 0.0990 e. The van der Waals surface area contributed by atoms with Crippen LogP contribution >= 0.6 is 35.1 Å². The molecule has 1 aliphatic rings. The lowest BCUT2D eigenvalue weighted by molar-refractivity contribution is 0.836. The number of nitriles is 1. The van der Waals surface area contributed by atoms with E-state index < -0.39 is 0 Å². The number of benzene rings is 1. The van der Waals surface area contributed by atoms with E-state index in [9.17, 15) is 5.26 Å². The van der Waals surface area contributed by atoms with Crippen molar-refractivity contribution in [2.24, 2.45) is 5.73 Å². The fraction of sp³-hybridized carbons (Fsp3) is 0.357. The summed E-state index contributed by atoms with van der Waals surface area (Å²) < 4.78 is 0.00867. The maximum absolute atomic E-state index is 9.35. The summed E-state index contributed by atoms with van der Waals surface area (Å²) in [5, 5.41) is 10.7. The van der Waals surface area contributed by atoms with Crippen molar-refractivity contribution >= 4 is 35.1 Å². The van der Waals surface area contributed by atoms with E-state index in [0.717, 1.165) is 12.0 Å². The van der Waals surface area contributed by atoms with Gasteiger partial charge in [-0.25, -0.2) is 0 Å². The summed E-state index contributed by atoms with van der Waals surface area (Å²) in [7, 11) is 0. The van der Waals surface area contributed by atoms with Crippen molar-refractivity contribution in [3.05, 3.63) is 45.5 Å². The molecule has 5 heteroatoms. The van der Waals surface area contributed by atoms with Crippen LogP contribution in [-0.2, 0) is 0 Å². The highest BCUT2D eigenvalue weighted by Crippen LogP contribution is 2.56. The minimum absolute atomic E-state index is 0.00605. The van der Waals surface area contributed by atoms with Crippen LogP contribution in [0.3, 0.4) is 0 Å². The number of nitrogens with zero attached hydrogens (tertiary/aromatic N) is 1. The molecule has 100 valence electrons. The van der Waals surface area contributed by atoms with Gasteiger partial charge in [0, 0.05) is 5.02 Å². The molecular weight excluding hydrogens is 296 g/mol. The molecule has 0 amide bonds. The Balaban J connectivity index is 2.44. The Labute approximate surface area is 127 Å². The molecule has 2 nitrogen and oxygen atoms in total. The van der Waals surface area contributed by atoms with Crippen LogP contribution in [0.25, 0.3) is 0 Å². The highest BCUT2D eigenvalue weighted by molar-refractivity contribution is 8.20. The molecule has 0 spiro atoms. The van der Waals surface area contributed by atoms with Crippen molar-refractivity contribution in [2.75, 3.05) is 0 Å². The second-order valence-corrected chi connectivity index (χ2v) is 8.38. The number of halogens is 1. The molecule has 0 aliphatic carbocycles. The number of nitrogens with two attached hydrogens (primary N) is 1. The van der Waals surface area contributed by atoms with Crippen molar-refractivity contribution < 1.29 is 0 Å². The molecule has 2 atom stereocenters. The third-order valence-corrected chi connectivity index (χ3v) is 6.64. The van der Waals surface area contributed by atoms with Crippen molar-refractivity contribution in [3.8, 4) is 6.07 Å². The second kappa shape index (κ2) is 5.70. The minimum Gasteiger partial charge on any atom is -0.393 e. The minimum atomic E-state index is -0.00605. The number of hydrogen-bond acceptors (Lipinski definition) is 4. The molecule has 0 fully saturated rings. The fourth-order valence-corrected chi connectivity index (χ4v) is 4.98. The van der Waals surface area contributed by atoms with Crippen molar-refractivity contribution in [2.45, 2.75) is 29.6 Å². The third kappa shape index (κ3) is 3.05. The molecule has 1 aromatic rings. The molecule has 2 rings (SSSR count). The maximum Gasteiger partial charge on any atom is 0.0990 e. The highest BCUT2D eigenvalue weighted by atomic mass is 35.5. The van der Waals surface area contributed by atoms with Gasteiger partial charge in [0.15, 0.2) is 0 Å². The lowest BCUT2D eigenvalue weighted by Gasteiger charge is -2.36. The van der Waals surface area contributed by atoms with Crippen LogP contribution in [0.5, 0.6) is 0 Å². The van der Waals surface area contributed by atoms with E-state index in [1.165, 1.54) is 0 Å². The summed E-state index contributed by atoms with van der Waals surface area (Å²) in [6.07, 6.45) is 0.992. The average molecular weight is 311 g/mol. The first-order valence-corrected chi connectivity index (χ1v) is 8.08. The van der Waals surface area contributed by atoms with E-state index >= 15 is 0 Å². The van der Waals surface area contributed by atoms with Gasteiger partial charge < -0.3 is 5.73 Å². The Bertz CT molecular complexity index is 548. The number of hydrogen-bond donors (Lipinski definition) is 1. The van der Waals surface area contributed by atoms with E-state index in [1.54, 1.807) is 23.5 Å². The molecule has 2 N–H and O–H groups in total. The predicted octanol–water partition coefficient (Wildman–Crippen LogP) is 4.68. The summed E-state index contributed by atoms with van der Waals surface area (Å²) in [5.41, 5.74) is 7.81. The van der Waals surface area contributed by atoms with Crippen LogP contribution in [0.15, 0.2) is 34.9 Å². The van der Waals surface area contributed by atoms with Crippen LogP contribution in [0.4, 0.5) is 0 Å². The van der Waals surface area contributed by atoms with Gasteiger partial charge in [-0.15, -0.1) is 11.8 Å². The molecule has 19 heavy (non-hydrogen) atoms. The number of thioether (sulfide) groups is 2. The first-order chi connectivity index (χ1) is 8.99. The monoisotopic (exact) mass is 310 g/mol. The van der Waals surface area contributed by atoms with Gasteiger partial charge in [0.1, 0.15) is 0 Å². The Morgan fingerprint density at radius 3 is 2.58 bits per heavy atom. The molecule has 0 saturated heterocycles. The quantitative estimate of drug-likeness (QED) is 0.861. The van der Waals surface area contributed by atoms with Gasteiger partial charge >= 0.3 is 0 Å². The first kappa shape index (κ1) is 14.6. The van der Waals surface area contributed by atoms with Gasteiger partial charge in [-0.05, 0) is 31.0 Å². The van der Waals surface area contributed by atoms with Gasteiger partial charge in [-0.1, -0.05) is 42.4 Å². The van der Waals surface area contributed by atoms with Gasteiger partial charge in [0.05, 0.1) is 26.0 Å². The van der Waals surface area contributed by atoms with Gasteiger partial charge in [0.25, 0.3) is 0 Å². The molecule has 0 saturated carbocycles. The van der Waals surface area contributed by atoms with Gasteiger partial charge in [0.2, 0.25) is 0 Å². The van der Waals surface area contributed by atoms with Gasteiger partial charge in [-0.2, -0.15) is 5.26 Å². The van der Waals surface area contributed by atoms with Crippen LogP contribution < -0.4 is 5.73 Å². The Morgan fingerprint density at radius 2 is 2.05 bits per heavy atom. The van der Waals surface area contributed by atoms with E-state index in [0.29, 0.717) is 15.6 Å². The van der Waals surface area contributed by atoms with Crippen LogP contribution in [0, 0.1) is 11.3 Å². The predicted molar refractivity (Wildman–Crippen MR) is 84.9 cm³/mol. The molecule has 0 radical (unpaired) electrons. The first-order valence-electron chi connectivity index (χ1n) is 6.01. The molecular formula is C14H15ClN2S2. The van der Waals surface area contributed by atoms with Crippen molar-refractivity contribution in [1.29, 1.82) is 5.26 Å². The molecule has 1 aromatic carbocycles. The van der Waals surface area contributed by atoms with Crippen molar-refractivity contribution in [3.63, 3.8) is 0 Å². The SMILES string of the molecule is CCC1(C)SC(N)=C(C#N)C(c2ccc(Cl)cc2)S1. The summed E-state index contributed by atoms with van der Waals surface area (Å²) in [5.74, 6) is 0. The maximum atomic E-state index is 9.35. The largest absolute Gasteiger partial charge is 0.393 e. The summed E-state index contributed by atoms with van der Waals surface area (Å²) in [4.78, 5) is 0. The highest BCUT2D eigenvalue weighted by Gasteiger charge is 2.37. The molecule has 1 heterocycles. The third-order valence-electron chi connectivity index (χ3n) is 3.16. The zero-order valence-corrected chi connectivity index (χ0v) is 13.2. The second-order valence-electron chi connectivity index (χ2n) is 4.53. The summed E-state index contributed by atoms with van der Waals surface area (Å²) in [6, 6.07) is 9.91. The van der Waals surface area contributed by atoms with E-state index in [2.05, 4.69) is 19.9 Å². The Hall–Kier alpha value is -0.760. The van der Waals surface area contributed by atoms with E-state index in [-0.39, 0.29) is 9.33 Å². The van der Waals surface area contributed by atoms with Gasteiger partial charge in [-0.3, -0.25) is 0 Å². The standard InChI is InChI=1S/C14H15ClN2S2/c1-3-14(2)18-12(11(8-16)13(17)19-14)9-4-6-10(15)7-5-9/h4-7,12H,3,17H2,1-2H3. The topological polar surface area (TPSA) is 49.8 Å². The zero-order valence-electron chi connectivity index (χ0n) is 10.8. The van der Waals surface area contributed by atoms with Crippen molar-refractivity contribution in [1.82, 2.24) is 0 Å². The lowest BCUT2D eigenvalue weighted by atomic mass is 10.1. The average Bonchev–Trinajstić information content (AvgIpc) is 2.39. The van der Waals surface area contributed by atoms with E-state index in [4.69, 9.17) is 17.3 Å². The fourth-order valence-electron chi connectivity index (χ4n) is 1.89. The van der Waals surface area contributed by atoms with Crippen LogP contribution in [0.2, 0.25) is 5.02 Å². The Morgan fingerprint density at radius 1 is 1.42 bits per heavy atom. The summed E-state index contributed by atoms with van der Waals surface area (Å²) in [6.45, 7) is 4.32. The molecule has 0 bridgehead atoms. The normalized spacial score (nSPS) is 27.2. The van der Waals surface area contributed by atoms with Crippen LogP contribution in [-0.4, -0.2) is 4.08 Å². The lowest BCUT2D eigenvalue weighted by Crippen LogP contribution is -2.24. The Kier molecular flexibility index (Phi) is 4.39. The molecule has 1 aliphatic heterocycles. The van der Waals surface area contributed by atoms with E-state index in [1.807, 2.05) is 24.3 Å². The number of rotatable bonds is 2. The van der Waals surface area contributed by atoms with Crippen LogP contribution in [0.1, 0.15) is 31.1 Å². The molecule has 0 aromatic heterocycles. The molecule has 2 unspecified atom stereocenters. The zero-order chi connectivity index (χ0) is 14.0. The summed E-state index contributed by atoms with van der Waals surface area (Å²) >= 11 is 9.30.